The van der Waals surface area contributed by atoms with Gasteiger partial charge in [-0.1, -0.05) is 0 Å². The van der Waals surface area contributed by atoms with Gasteiger partial charge in [0, 0.05) is 32.9 Å². The summed E-state index contributed by atoms with van der Waals surface area (Å²) in [6.45, 7) is 3.58. The Kier molecular flexibility index (Phi) is 4.36. The van der Waals surface area contributed by atoms with Crippen LogP contribution in [0.1, 0.15) is 20.8 Å². The molecular weight excluding hydrogens is 242 g/mol. The van der Waals surface area contributed by atoms with Gasteiger partial charge in [0.25, 0.3) is 0 Å². The standard InChI is InChI=1S/C11H11NO6/c1-6(13)16-9-4-10(17-7(2)14)12-11(5-9)18-8(3)15/h4-5H,1-3H3. The molecule has 96 valence electrons. The summed E-state index contributed by atoms with van der Waals surface area (Å²) in [6.07, 6.45) is 0. The Morgan fingerprint density at radius 2 is 1.22 bits per heavy atom. The van der Waals surface area contributed by atoms with Crippen LogP contribution in [0.25, 0.3) is 0 Å². The zero-order valence-corrected chi connectivity index (χ0v) is 10.1. The average molecular weight is 253 g/mol. The maximum Gasteiger partial charge on any atom is 0.309 e. The van der Waals surface area contributed by atoms with Gasteiger partial charge in [-0.2, -0.15) is 4.98 Å². The van der Waals surface area contributed by atoms with Crippen molar-refractivity contribution >= 4 is 17.9 Å². The van der Waals surface area contributed by atoms with E-state index in [0.29, 0.717) is 0 Å². The lowest BCUT2D eigenvalue weighted by Crippen LogP contribution is -2.08. The Morgan fingerprint density at radius 1 is 0.833 bits per heavy atom. The third kappa shape index (κ3) is 4.60. The van der Waals surface area contributed by atoms with Crippen molar-refractivity contribution in [2.24, 2.45) is 0 Å². The number of hydrogen-bond donors (Lipinski definition) is 0. The monoisotopic (exact) mass is 253 g/mol. The Hall–Kier alpha value is -2.44. The molecule has 0 saturated carbocycles. The maximum absolute atomic E-state index is 10.8. The number of carbonyl (C=O) groups is 3. The molecule has 0 fully saturated rings. The van der Waals surface area contributed by atoms with E-state index in [-0.39, 0.29) is 17.5 Å². The maximum atomic E-state index is 10.8. The molecule has 18 heavy (non-hydrogen) atoms. The predicted molar refractivity (Wildman–Crippen MR) is 58.2 cm³/mol. The minimum atomic E-state index is -0.601. The van der Waals surface area contributed by atoms with Crippen molar-refractivity contribution < 1.29 is 28.6 Å². The molecule has 0 unspecified atom stereocenters. The topological polar surface area (TPSA) is 91.8 Å². The summed E-state index contributed by atoms with van der Waals surface area (Å²) in [5.74, 6) is -1.96. The molecule has 0 atom stereocenters. The molecule has 0 bridgehead atoms. The Bertz CT molecular complexity index is 413. The molecule has 0 aliphatic heterocycles. The number of ether oxygens (including phenoxy) is 3. The van der Waals surface area contributed by atoms with Crippen LogP contribution in [0.3, 0.4) is 0 Å². The summed E-state index contributed by atoms with van der Waals surface area (Å²) in [5.41, 5.74) is 0. The summed E-state index contributed by atoms with van der Waals surface area (Å²) >= 11 is 0. The van der Waals surface area contributed by atoms with Gasteiger partial charge in [-0.15, -0.1) is 0 Å². The molecule has 0 aliphatic rings. The molecule has 0 saturated heterocycles. The van der Waals surface area contributed by atoms with Gasteiger partial charge in [0.05, 0.1) is 0 Å². The van der Waals surface area contributed by atoms with Crippen LogP contribution in [0.4, 0.5) is 0 Å². The first-order chi connectivity index (χ1) is 8.36. The zero-order chi connectivity index (χ0) is 13.7. The number of pyridine rings is 1. The highest BCUT2D eigenvalue weighted by molar-refractivity contribution is 5.72. The minimum absolute atomic E-state index is 0.0602. The first-order valence-corrected chi connectivity index (χ1v) is 4.94. The normalized spacial score (nSPS) is 9.50. The van der Waals surface area contributed by atoms with Crippen LogP contribution < -0.4 is 14.2 Å². The van der Waals surface area contributed by atoms with E-state index in [2.05, 4.69) is 4.98 Å². The van der Waals surface area contributed by atoms with E-state index in [1.165, 1.54) is 32.9 Å². The van der Waals surface area contributed by atoms with Gasteiger partial charge in [-0.25, -0.2) is 0 Å². The number of esters is 3. The van der Waals surface area contributed by atoms with E-state index in [9.17, 15) is 14.4 Å². The lowest BCUT2D eigenvalue weighted by atomic mass is 10.4. The van der Waals surface area contributed by atoms with Crippen LogP contribution in [-0.4, -0.2) is 22.9 Å². The largest absolute Gasteiger partial charge is 0.426 e. The highest BCUT2D eigenvalue weighted by Crippen LogP contribution is 2.24. The highest BCUT2D eigenvalue weighted by Gasteiger charge is 2.10. The van der Waals surface area contributed by atoms with Crippen molar-refractivity contribution in [1.29, 1.82) is 0 Å². The van der Waals surface area contributed by atoms with Crippen LogP contribution in [0, 0.1) is 0 Å². The quantitative estimate of drug-likeness (QED) is 0.737. The van der Waals surface area contributed by atoms with Crippen molar-refractivity contribution in [3.63, 3.8) is 0 Å². The lowest BCUT2D eigenvalue weighted by Gasteiger charge is -2.07. The smallest absolute Gasteiger partial charge is 0.309 e. The molecule has 0 N–H and O–H groups in total. The van der Waals surface area contributed by atoms with Gasteiger partial charge in [0.2, 0.25) is 11.8 Å². The van der Waals surface area contributed by atoms with Crippen LogP contribution >= 0.6 is 0 Å². The van der Waals surface area contributed by atoms with Crippen molar-refractivity contribution in [3.8, 4) is 17.5 Å². The van der Waals surface area contributed by atoms with Crippen LogP contribution in [0.15, 0.2) is 12.1 Å². The molecule has 1 rings (SSSR count). The lowest BCUT2D eigenvalue weighted by molar-refractivity contribution is -0.132. The number of aromatic nitrogens is 1. The van der Waals surface area contributed by atoms with E-state index >= 15 is 0 Å². The number of nitrogens with zero attached hydrogens (tertiary/aromatic N) is 1. The van der Waals surface area contributed by atoms with Crippen molar-refractivity contribution in [1.82, 2.24) is 4.98 Å². The van der Waals surface area contributed by atoms with E-state index in [4.69, 9.17) is 14.2 Å². The third-order valence-corrected chi connectivity index (χ3v) is 1.51. The van der Waals surface area contributed by atoms with Crippen molar-refractivity contribution in [2.75, 3.05) is 0 Å². The predicted octanol–water partition coefficient (Wildman–Crippen LogP) is 0.858. The molecule has 0 radical (unpaired) electrons. The minimum Gasteiger partial charge on any atom is -0.426 e. The number of rotatable bonds is 3. The zero-order valence-electron chi connectivity index (χ0n) is 10.1. The van der Waals surface area contributed by atoms with Gasteiger partial charge in [0.1, 0.15) is 5.75 Å². The molecule has 0 spiro atoms. The van der Waals surface area contributed by atoms with E-state index in [0.717, 1.165) is 0 Å². The molecule has 0 aliphatic carbocycles. The van der Waals surface area contributed by atoms with E-state index in [1.54, 1.807) is 0 Å². The molecule has 1 aromatic rings. The van der Waals surface area contributed by atoms with E-state index < -0.39 is 17.9 Å². The molecule has 1 aromatic heterocycles. The van der Waals surface area contributed by atoms with Gasteiger partial charge in [-0.05, 0) is 0 Å². The summed E-state index contributed by atoms with van der Waals surface area (Å²) in [5, 5.41) is 0. The fourth-order valence-corrected chi connectivity index (χ4v) is 1.08. The highest BCUT2D eigenvalue weighted by atomic mass is 16.6. The number of hydrogen-bond acceptors (Lipinski definition) is 7. The Morgan fingerprint density at radius 3 is 1.56 bits per heavy atom. The van der Waals surface area contributed by atoms with Gasteiger partial charge in [0.15, 0.2) is 0 Å². The first-order valence-electron chi connectivity index (χ1n) is 4.94. The first kappa shape index (κ1) is 13.6. The van der Waals surface area contributed by atoms with Gasteiger partial charge < -0.3 is 14.2 Å². The molecule has 0 aromatic carbocycles. The summed E-state index contributed by atoms with van der Waals surface area (Å²) in [4.78, 5) is 36.2. The summed E-state index contributed by atoms with van der Waals surface area (Å²) < 4.78 is 14.2. The fraction of sp³-hybridized carbons (Fsp3) is 0.273. The Balaban J connectivity index is 3.06. The second-order valence-corrected chi connectivity index (χ2v) is 3.26. The second-order valence-electron chi connectivity index (χ2n) is 3.26. The van der Waals surface area contributed by atoms with Crippen molar-refractivity contribution in [2.45, 2.75) is 20.8 Å². The third-order valence-electron chi connectivity index (χ3n) is 1.51. The number of carbonyl (C=O) groups excluding carboxylic acids is 3. The van der Waals surface area contributed by atoms with Crippen LogP contribution in [0.2, 0.25) is 0 Å². The SMILES string of the molecule is CC(=O)Oc1cc(OC(C)=O)nc(OC(C)=O)c1. The van der Waals surface area contributed by atoms with E-state index in [1.807, 2.05) is 0 Å². The van der Waals surface area contributed by atoms with Crippen LogP contribution in [0.5, 0.6) is 17.5 Å². The molecule has 7 heteroatoms. The molecule has 0 amide bonds. The fourth-order valence-electron chi connectivity index (χ4n) is 1.08. The van der Waals surface area contributed by atoms with Crippen LogP contribution in [-0.2, 0) is 14.4 Å². The summed E-state index contributed by atoms with van der Waals surface area (Å²) in [6, 6.07) is 2.46. The summed E-state index contributed by atoms with van der Waals surface area (Å²) in [7, 11) is 0. The average Bonchev–Trinajstić information content (AvgIpc) is 2.12. The molecule has 1 heterocycles. The molecular formula is C11H11NO6. The van der Waals surface area contributed by atoms with Gasteiger partial charge in [-0.3, -0.25) is 14.4 Å². The van der Waals surface area contributed by atoms with Crippen molar-refractivity contribution in [3.05, 3.63) is 12.1 Å². The van der Waals surface area contributed by atoms with Gasteiger partial charge >= 0.3 is 17.9 Å². The molecule has 7 nitrogen and oxygen atoms in total. The Labute approximate surface area is 103 Å². The second kappa shape index (κ2) is 5.76.